The highest BCUT2D eigenvalue weighted by Crippen LogP contribution is 2.51. The molecule has 0 spiro atoms. The predicted octanol–water partition coefficient (Wildman–Crippen LogP) is 6.11. The van der Waals surface area contributed by atoms with Gasteiger partial charge in [-0.25, -0.2) is 0 Å². The first kappa shape index (κ1) is 24.1. The zero-order valence-electron chi connectivity index (χ0n) is 21.3. The first-order valence-corrected chi connectivity index (χ1v) is 12.8. The van der Waals surface area contributed by atoms with Crippen molar-refractivity contribution in [2.45, 2.75) is 51.4 Å². The Hall–Kier alpha value is -3.60. The maximum absolute atomic E-state index is 13.5. The first-order valence-electron chi connectivity index (χ1n) is 12.8. The van der Waals surface area contributed by atoms with Gasteiger partial charge >= 0.3 is 0 Å². The monoisotopic (exact) mass is 483 g/mol. The van der Waals surface area contributed by atoms with Gasteiger partial charge in [0.15, 0.2) is 11.5 Å². The topological polar surface area (TPSA) is 55.8 Å². The molecule has 1 aliphatic carbocycles. The molecule has 0 radical (unpaired) electrons. The number of carbonyl (C=O) groups is 2. The number of rotatable bonds is 9. The molecule has 0 N–H and O–H groups in total. The molecule has 5 rings (SSSR count). The maximum Gasteiger partial charge on any atom is 0.253 e. The molecule has 0 saturated heterocycles. The van der Waals surface area contributed by atoms with E-state index in [0.717, 1.165) is 71.5 Å². The van der Waals surface area contributed by atoms with Gasteiger partial charge in [0, 0.05) is 25.6 Å². The zero-order valence-corrected chi connectivity index (χ0v) is 21.3. The maximum atomic E-state index is 13.5. The van der Waals surface area contributed by atoms with Crippen molar-refractivity contribution in [2.75, 3.05) is 20.4 Å². The molecule has 1 saturated carbocycles. The SMILES string of the molecule is CCCCN(C)C(=O)c1ccc(-c2cc(CC(=O)C3(c4ccc5c(c4)OCO5)CC3)ccc2C)cc1. The molecule has 5 nitrogen and oxygen atoms in total. The number of fused-ring (bicyclic) bond motifs is 1. The highest BCUT2D eigenvalue weighted by Gasteiger charge is 2.50. The summed E-state index contributed by atoms with van der Waals surface area (Å²) < 4.78 is 11.0. The lowest BCUT2D eigenvalue weighted by Crippen LogP contribution is -2.27. The molecule has 36 heavy (non-hydrogen) atoms. The van der Waals surface area contributed by atoms with Crippen LogP contribution in [-0.2, 0) is 16.6 Å². The van der Waals surface area contributed by atoms with E-state index in [-0.39, 0.29) is 18.5 Å². The summed E-state index contributed by atoms with van der Waals surface area (Å²) in [6.45, 7) is 5.20. The number of benzene rings is 3. The molecule has 0 unspecified atom stereocenters. The van der Waals surface area contributed by atoms with Crippen LogP contribution in [0.4, 0.5) is 0 Å². The van der Waals surface area contributed by atoms with E-state index < -0.39 is 5.41 Å². The highest BCUT2D eigenvalue weighted by molar-refractivity contribution is 5.95. The van der Waals surface area contributed by atoms with E-state index in [1.807, 2.05) is 55.6 Å². The van der Waals surface area contributed by atoms with Crippen LogP contribution < -0.4 is 9.47 Å². The molecule has 3 aromatic rings. The Morgan fingerprint density at radius 3 is 2.42 bits per heavy atom. The Kier molecular flexibility index (Phi) is 6.57. The largest absolute Gasteiger partial charge is 0.454 e. The molecule has 1 amide bonds. The predicted molar refractivity (Wildman–Crippen MR) is 141 cm³/mol. The van der Waals surface area contributed by atoms with Gasteiger partial charge in [-0.15, -0.1) is 0 Å². The quantitative estimate of drug-likeness (QED) is 0.369. The number of Topliss-reactive ketones (excluding diaryl/α,β-unsaturated/α-hetero) is 1. The second-order valence-corrected chi connectivity index (χ2v) is 10.1. The van der Waals surface area contributed by atoms with Crippen LogP contribution in [0.3, 0.4) is 0 Å². The fourth-order valence-electron chi connectivity index (χ4n) is 5.00. The number of ether oxygens (including phenoxy) is 2. The highest BCUT2D eigenvalue weighted by atomic mass is 16.7. The average Bonchev–Trinajstić information content (AvgIpc) is 3.58. The number of nitrogens with zero attached hydrogens (tertiary/aromatic N) is 1. The smallest absolute Gasteiger partial charge is 0.253 e. The van der Waals surface area contributed by atoms with Gasteiger partial charge in [0.25, 0.3) is 5.91 Å². The summed E-state index contributed by atoms with van der Waals surface area (Å²) in [7, 11) is 1.85. The number of amides is 1. The molecule has 1 fully saturated rings. The van der Waals surface area contributed by atoms with Crippen LogP contribution in [0.1, 0.15) is 59.7 Å². The normalized spacial score (nSPS) is 15.0. The molecule has 2 aliphatic rings. The van der Waals surface area contributed by atoms with Gasteiger partial charge in [-0.3, -0.25) is 9.59 Å². The molecule has 0 atom stereocenters. The van der Waals surface area contributed by atoms with E-state index in [4.69, 9.17) is 9.47 Å². The fourth-order valence-corrected chi connectivity index (χ4v) is 5.00. The van der Waals surface area contributed by atoms with Crippen LogP contribution in [0.15, 0.2) is 60.7 Å². The lowest BCUT2D eigenvalue weighted by molar-refractivity contribution is -0.120. The van der Waals surface area contributed by atoms with E-state index in [0.29, 0.717) is 12.0 Å². The summed E-state index contributed by atoms with van der Waals surface area (Å²) in [5, 5.41) is 0. The first-order chi connectivity index (χ1) is 17.4. The number of carbonyl (C=O) groups excluding carboxylic acids is 2. The Balaban J connectivity index is 1.32. The summed E-state index contributed by atoms with van der Waals surface area (Å²) >= 11 is 0. The van der Waals surface area contributed by atoms with E-state index in [1.165, 1.54) is 0 Å². The third kappa shape index (κ3) is 4.62. The van der Waals surface area contributed by atoms with E-state index in [2.05, 4.69) is 26.0 Å². The minimum atomic E-state index is -0.419. The fraction of sp³-hybridized carbons (Fsp3) is 0.355. The van der Waals surface area contributed by atoms with Crippen LogP contribution >= 0.6 is 0 Å². The standard InChI is InChI=1S/C31H33NO4/c1-4-5-16-32(3)30(34)24-10-8-23(9-11-24)26-17-22(7-6-21(26)2)18-29(33)31(14-15-31)25-12-13-27-28(19-25)36-20-35-27/h6-13,17,19H,4-5,14-16,18,20H2,1-3H3. The van der Waals surface area contributed by atoms with Crippen molar-refractivity contribution in [2.24, 2.45) is 0 Å². The second kappa shape index (κ2) is 9.81. The molecule has 5 heteroatoms. The molecule has 1 aliphatic heterocycles. The second-order valence-electron chi connectivity index (χ2n) is 10.1. The molecule has 3 aromatic carbocycles. The van der Waals surface area contributed by atoms with Gasteiger partial charge in [0.05, 0.1) is 5.41 Å². The van der Waals surface area contributed by atoms with Gasteiger partial charge in [0.2, 0.25) is 6.79 Å². The van der Waals surface area contributed by atoms with Gasteiger partial charge < -0.3 is 14.4 Å². The lowest BCUT2D eigenvalue weighted by Gasteiger charge is -2.17. The minimum Gasteiger partial charge on any atom is -0.454 e. The number of ketones is 1. The Bertz CT molecular complexity index is 1290. The molecule has 0 bridgehead atoms. The minimum absolute atomic E-state index is 0.0457. The zero-order chi connectivity index (χ0) is 25.3. The van der Waals surface area contributed by atoms with Crippen LogP contribution in [0.2, 0.25) is 0 Å². The summed E-state index contributed by atoms with van der Waals surface area (Å²) in [5.41, 5.74) is 5.58. The molecule has 186 valence electrons. The Labute approximate surface area is 213 Å². The molecule has 1 heterocycles. The average molecular weight is 484 g/mol. The van der Waals surface area contributed by atoms with Gasteiger partial charge in [-0.2, -0.15) is 0 Å². The lowest BCUT2D eigenvalue weighted by atomic mass is 9.87. The third-order valence-corrected chi connectivity index (χ3v) is 7.51. The van der Waals surface area contributed by atoms with Crippen molar-refractivity contribution in [3.8, 4) is 22.6 Å². The molecule has 0 aromatic heterocycles. The Morgan fingerprint density at radius 2 is 1.69 bits per heavy atom. The summed E-state index contributed by atoms with van der Waals surface area (Å²) in [5.74, 6) is 1.75. The molecular weight excluding hydrogens is 450 g/mol. The van der Waals surface area contributed by atoms with Crippen LogP contribution in [0, 0.1) is 6.92 Å². The van der Waals surface area contributed by atoms with Crippen LogP contribution in [0.5, 0.6) is 11.5 Å². The van der Waals surface area contributed by atoms with Crippen molar-refractivity contribution in [1.29, 1.82) is 0 Å². The van der Waals surface area contributed by atoms with E-state index in [9.17, 15) is 9.59 Å². The van der Waals surface area contributed by atoms with E-state index >= 15 is 0 Å². The third-order valence-electron chi connectivity index (χ3n) is 7.51. The van der Waals surface area contributed by atoms with Gasteiger partial charge in [-0.1, -0.05) is 49.7 Å². The van der Waals surface area contributed by atoms with Gasteiger partial charge in [0.1, 0.15) is 5.78 Å². The van der Waals surface area contributed by atoms with Crippen molar-refractivity contribution >= 4 is 11.7 Å². The number of aryl methyl sites for hydroxylation is 1. The van der Waals surface area contributed by atoms with Crippen LogP contribution in [-0.4, -0.2) is 37.0 Å². The number of hydrogen-bond acceptors (Lipinski definition) is 4. The van der Waals surface area contributed by atoms with Crippen molar-refractivity contribution in [3.63, 3.8) is 0 Å². The van der Waals surface area contributed by atoms with Crippen molar-refractivity contribution < 1.29 is 19.1 Å². The number of hydrogen-bond donors (Lipinski definition) is 0. The number of unbranched alkanes of at least 4 members (excludes halogenated alkanes) is 1. The van der Waals surface area contributed by atoms with Crippen molar-refractivity contribution in [1.82, 2.24) is 4.90 Å². The van der Waals surface area contributed by atoms with Crippen molar-refractivity contribution in [3.05, 3.63) is 82.9 Å². The summed E-state index contributed by atoms with van der Waals surface area (Å²) in [6, 6.07) is 19.9. The van der Waals surface area contributed by atoms with Gasteiger partial charge in [-0.05, 0) is 78.3 Å². The van der Waals surface area contributed by atoms with E-state index in [1.54, 1.807) is 4.90 Å². The summed E-state index contributed by atoms with van der Waals surface area (Å²) in [4.78, 5) is 27.9. The summed E-state index contributed by atoms with van der Waals surface area (Å²) in [6.07, 6.45) is 4.19. The van der Waals surface area contributed by atoms with Crippen LogP contribution in [0.25, 0.3) is 11.1 Å². The Morgan fingerprint density at radius 1 is 0.944 bits per heavy atom. The molecular formula is C31H33NO4.